The van der Waals surface area contributed by atoms with Gasteiger partial charge in [-0.05, 0) is 36.2 Å². The van der Waals surface area contributed by atoms with Gasteiger partial charge in [-0.25, -0.2) is 4.98 Å². The summed E-state index contributed by atoms with van der Waals surface area (Å²) >= 11 is 1.66. The van der Waals surface area contributed by atoms with Crippen LogP contribution in [-0.4, -0.2) is 24.5 Å². The maximum Gasteiger partial charge on any atom is 0.251 e. The van der Waals surface area contributed by atoms with E-state index in [0.29, 0.717) is 5.56 Å². The van der Waals surface area contributed by atoms with Gasteiger partial charge in [0.1, 0.15) is 0 Å². The zero-order valence-corrected chi connectivity index (χ0v) is 13.1. The Bertz CT molecular complexity index is 764. The molecule has 2 N–H and O–H groups in total. The van der Waals surface area contributed by atoms with Crippen molar-refractivity contribution < 1.29 is 4.79 Å². The van der Waals surface area contributed by atoms with Crippen LogP contribution in [0.5, 0.6) is 0 Å². The first-order valence-electron chi connectivity index (χ1n) is 7.17. The predicted octanol–water partition coefficient (Wildman–Crippen LogP) is 3.31. The summed E-state index contributed by atoms with van der Waals surface area (Å²) in [5.74, 6) is -0.0546. The van der Waals surface area contributed by atoms with Gasteiger partial charge in [-0.1, -0.05) is 35.6 Å². The minimum Gasteiger partial charge on any atom is -0.361 e. The molecule has 0 saturated carbocycles. The molecule has 4 nitrogen and oxygen atoms in total. The summed E-state index contributed by atoms with van der Waals surface area (Å²) in [6, 6.07) is 15.8. The highest BCUT2D eigenvalue weighted by atomic mass is 32.1. The molecule has 0 bridgehead atoms. The Morgan fingerprint density at radius 2 is 2.05 bits per heavy atom. The lowest BCUT2D eigenvalue weighted by atomic mass is 10.1. The second-order valence-electron chi connectivity index (χ2n) is 4.94. The maximum absolute atomic E-state index is 11.6. The molecule has 1 heterocycles. The summed E-state index contributed by atoms with van der Waals surface area (Å²) in [7, 11) is 1.64. The summed E-state index contributed by atoms with van der Waals surface area (Å²) < 4.78 is 1.19. The van der Waals surface area contributed by atoms with Gasteiger partial charge in [-0.15, -0.1) is 0 Å². The van der Waals surface area contributed by atoms with Crippen molar-refractivity contribution in [1.29, 1.82) is 0 Å². The van der Waals surface area contributed by atoms with Crippen LogP contribution in [0.2, 0.25) is 0 Å². The van der Waals surface area contributed by atoms with Crippen molar-refractivity contribution in [3.63, 3.8) is 0 Å². The van der Waals surface area contributed by atoms with Crippen molar-refractivity contribution in [2.75, 3.05) is 18.9 Å². The van der Waals surface area contributed by atoms with E-state index in [1.807, 2.05) is 42.5 Å². The number of thiazole rings is 1. The molecule has 0 aliphatic heterocycles. The van der Waals surface area contributed by atoms with Crippen molar-refractivity contribution in [3.8, 4) is 0 Å². The van der Waals surface area contributed by atoms with Crippen molar-refractivity contribution >= 4 is 32.6 Å². The van der Waals surface area contributed by atoms with Crippen LogP contribution in [0, 0.1) is 0 Å². The molecule has 0 unspecified atom stereocenters. The van der Waals surface area contributed by atoms with Crippen molar-refractivity contribution in [2.45, 2.75) is 6.42 Å². The predicted molar refractivity (Wildman–Crippen MR) is 91.6 cm³/mol. The third kappa shape index (κ3) is 3.26. The first-order chi connectivity index (χ1) is 10.8. The first kappa shape index (κ1) is 14.5. The highest BCUT2D eigenvalue weighted by Gasteiger charge is 2.05. The van der Waals surface area contributed by atoms with Gasteiger partial charge in [0, 0.05) is 19.2 Å². The van der Waals surface area contributed by atoms with Gasteiger partial charge in [0.2, 0.25) is 0 Å². The number of carbonyl (C=O) groups excluding carboxylic acids is 1. The average molecular weight is 311 g/mol. The van der Waals surface area contributed by atoms with Crippen LogP contribution in [0.4, 0.5) is 5.13 Å². The molecule has 1 aromatic heterocycles. The van der Waals surface area contributed by atoms with Crippen molar-refractivity contribution in [2.24, 2.45) is 0 Å². The second-order valence-corrected chi connectivity index (χ2v) is 5.97. The molecule has 5 heteroatoms. The largest absolute Gasteiger partial charge is 0.361 e. The Kier molecular flexibility index (Phi) is 4.34. The van der Waals surface area contributed by atoms with Crippen LogP contribution in [0.3, 0.4) is 0 Å². The van der Waals surface area contributed by atoms with Gasteiger partial charge in [0.25, 0.3) is 5.91 Å². The molecule has 0 aliphatic carbocycles. The number of rotatable bonds is 5. The number of para-hydroxylation sites is 1. The fourth-order valence-corrected chi connectivity index (χ4v) is 3.17. The van der Waals surface area contributed by atoms with Crippen LogP contribution >= 0.6 is 11.3 Å². The molecule has 2 aromatic carbocycles. The van der Waals surface area contributed by atoms with Gasteiger partial charge in [0.15, 0.2) is 5.13 Å². The Labute approximate surface area is 133 Å². The summed E-state index contributed by atoms with van der Waals surface area (Å²) in [6.45, 7) is 0.789. The number of anilines is 1. The first-order valence-corrected chi connectivity index (χ1v) is 7.98. The molecule has 0 fully saturated rings. The van der Waals surface area contributed by atoms with Crippen LogP contribution in [0.15, 0.2) is 48.5 Å². The molecular formula is C17H17N3OS. The van der Waals surface area contributed by atoms with E-state index in [-0.39, 0.29) is 5.91 Å². The number of carbonyl (C=O) groups is 1. The third-order valence-electron chi connectivity index (χ3n) is 3.40. The van der Waals surface area contributed by atoms with E-state index in [4.69, 9.17) is 0 Å². The highest BCUT2D eigenvalue weighted by molar-refractivity contribution is 7.22. The molecular weight excluding hydrogens is 294 g/mol. The number of hydrogen-bond donors (Lipinski definition) is 2. The number of nitrogens with one attached hydrogen (secondary N) is 2. The number of benzene rings is 2. The van der Waals surface area contributed by atoms with Crippen LogP contribution in [0.1, 0.15) is 15.9 Å². The summed E-state index contributed by atoms with van der Waals surface area (Å²) in [6.07, 6.45) is 0.848. The lowest BCUT2D eigenvalue weighted by molar-refractivity contribution is 0.0963. The normalized spacial score (nSPS) is 10.6. The minimum atomic E-state index is -0.0546. The summed E-state index contributed by atoms with van der Waals surface area (Å²) in [5.41, 5.74) is 2.85. The summed E-state index contributed by atoms with van der Waals surface area (Å²) in [4.78, 5) is 16.2. The van der Waals surface area contributed by atoms with E-state index in [0.717, 1.165) is 29.2 Å². The topological polar surface area (TPSA) is 54.0 Å². The van der Waals surface area contributed by atoms with Crippen molar-refractivity contribution in [3.05, 3.63) is 59.7 Å². The Balaban J connectivity index is 1.62. The molecule has 3 aromatic rings. The summed E-state index contributed by atoms with van der Waals surface area (Å²) in [5, 5.41) is 6.93. The Morgan fingerprint density at radius 1 is 1.18 bits per heavy atom. The Hall–Kier alpha value is -2.40. The van der Waals surface area contributed by atoms with Gasteiger partial charge in [0.05, 0.1) is 10.2 Å². The fourth-order valence-electron chi connectivity index (χ4n) is 2.27. The van der Waals surface area contributed by atoms with E-state index in [2.05, 4.69) is 21.7 Å². The molecule has 3 rings (SSSR count). The molecule has 0 aliphatic rings. The second kappa shape index (κ2) is 6.58. The maximum atomic E-state index is 11.6. The molecule has 1 amide bonds. The van der Waals surface area contributed by atoms with E-state index in [1.54, 1.807) is 18.4 Å². The molecule has 22 heavy (non-hydrogen) atoms. The lowest BCUT2D eigenvalue weighted by Crippen LogP contribution is -2.18. The number of fused-ring (bicyclic) bond motifs is 1. The van der Waals surface area contributed by atoms with E-state index >= 15 is 0 Å². The molecule has 112 valence electrons. The number of aromatic nitrogens is 1. The average Bonchev–Trinajstić information content (AvgIpc) is 2.97. The van der Waals surface area contributed by atoms with Crippen LogP contribution < -0.4 is 10.6 Å². The van der Waals surface area contributed by atoms with E-state index < -0.39 is 0 Å². The smallest absolute Gasteiger partial charge is 0.251 e. The molecule has 0 radical (unpaired) electrons. The van der Waals surface area contributed by atoms with E-state index in [9.17, 15) is 4.79 Å². The zero-order chi connectivity index (χ0) is 15.4. The highest BCUT2D eigenvalue weighted by Crippen LogP contribution is 2.25. The number of nitrogens with zero attached hydrogens (tertiary/aromatic N) is 1. The van der Waals surface area contributed by atoms with Crippen molar-refractivity contribution in [1.82, 2.24) is 10.3 Å². The Morgan fingerprint density at radius 3 is 2.86 bits per heavy atom. The van der Waals surface area contributed by atoms with Gasteiger partial charge < -0.3 is 10.6 Å². The standard InChI is InChI=1S/C17H17N3OS/c1-18-16(21)13-6-4-5-12(11-13)9-10-19-17-20-14-7-2-3-8-15(14)22-17/h2-8,11H,9-10H2,1H3,(H,18,21)(H,19,20). The monoisotopic (exact) mass is 311 g/mol. The fraction of sp³-hybridized carbons (Fsp3) is 0.176. The SMILES string of the molecule is CNC(=O)c1cccc(CCNc2nc3ccccc3s2)c1. The van der Waals surface area contributed by atoms with Gasteiger partial charge in [-0.3, -0.25) is 4.79 Å². The van der Waals surface area contributed by atoms with Gasteiger partial charge in [-0.2, -0.15) is 0 Å². The molecule has 0 atom stereocenters. The van der Waals surface area contributed by atoms with E-state index in [1.165, 1.54) is 4.70 Å². The minimum absolute atomic E-state index is 0.0546. The van der Waals surface area contributed by atoms with Gasteiger partial charge >= 0.3 is 0 Å². The zero-order valence-electron chi connectivity index (χ0n) is 12.3. The van der Waals surface area contributed by atoms with Crippen LogP contribution in [-0.2, 0) is 6.42 Å². The number of amides is 1. The molecule has 0 spiro atoms. The molecule has 0 saturated heterocycles. The van der Waals surface area contributed by atoms with Crippen LogP contribution in [0.25, 0.3) is 10.2 Å². The number of hydrogen-bond acceptors (Lipinski definition) is 4. The third-order valence-corrected chi connectivity index (χ3v) is 4.39. The lowest BCUT2D eigenvalue weighted by Gasteiger charge is -2.05. The quantitative estimate of drug-likeness (QED) is 0.760.